The molecule has 8 rings (SSSR count). The van der Waals surface area contributed by atoms with Gasteiger partial charge in [0, 0.05) is 29.1 Å². The molecule has 0 unspecified atom stereocenters. The van der Waals surface area contributed by atoms with Crippen molar-refractivity contribution in [2.45, 2.75) is 6.42 Å². The van der Waals surface area contributed by atoms with Crippen molar-refractivity contribution < 1.29 is 0 Å². The fourth-order valence-corrected chi connectivity index (χ4v) is 6.57. The molecule has 0 fully saturated rings. The Labute approximate surface area is 286 Å². The second kappa shape index (κ2) is 13.3. The van der Waals surface area contributed by atoms with Crippen molar-refractivity contribution in [2.24, 2.45) is 9.98 Å². The minimum atomic E-state index is 0.589. The lowest BCUT2D eigenvalue weighted by atomic mass is 9.96. The summed E-state index contributed by atoms with van der Waals surface area (Å²) < 4.78 is 0. The first-order valence-corrected chi connectivity index (χ1v) is 16.5. The lowest BCUT2D eigenvalue weighted by Crippen LogP contribution is -2.00. The van der Waals surface area contributed by atoms with E-state index in [4.69, 9.17) is 4.99 Å². The Morgan fingerprint density at radius 3 is 2.04 bits per heavy atom. The highest BCUT2D eigenvalue weighted by atomic mass is 14.9. The Bertz CT molecular complexity index is 2530. The number of rotatable bonds is 7. The van der Waals surface area contributed by atoms with Crippen LogP contribution in [-0.4, -0.2) is 17.5 Å². The standard InChI is InChI=1S/C46H33N3/c1-47-46(44-30-38-12-4-5-16-41(38)42-17-6-7-18-43(42)44)49-45(39-14-8-13-36(29-39)40-15-9-27-48-31-40)26-21-32-19-22-34(23-20-32)37-25-24-33-10-2-3-11-35(33)28-37/h2-20,22-31H,1,21H2/b45-26-,49-46-. The van der Waals surface area contributed by atoms with Crippen molar-refractivity contribution in [3.8, 4) is 22.3 Å². The summed E-state index contributed by atoms with van der Waals surface area (Å²) in [5.74, 6) is 0.589. The van der Waals surface area contributed by atoms with Crippen molar-refractivity contribution in [3.63, 3.8) is 0 Å². The highest BCUT2D eigenvalue weighted by molar-refractivity contribution is 6.20. The molecule has 1 aromatic heterocycles. The topological polar surface area (TPSA) is 37.6 Å². The number of amidine groups is 1. The van der Waals surface area contributed by atoms with Gasteiger partial charge in [-0.15, -0.1) is 0 Å². The number of aromatic nitrogens is 1. The molecule has 0 spiro atoms. The largest absolute Gasteiger partial charge is 0.264 e. The Kier molecular flexibility index (Phi) is 8.15. The minimum absolute atomic E-state index is 0.589. The molecule has 1 heterocycles. The molecule has 0 amide bonds. The van der Waals surface area contributed by atoms with Crippen LogP contribution in [0.25, 0.3) is 60.3 Å². The summed E-state index contributed by atoms with van der Waals surface area (Å²) in [4.78, 5) is 14.1. The summed E-state index contributed by atoms with van der Waals surface area (Å²) in [5, 5.41) is 7.11. The van der Waals surface area contributed by atoms with Crippen LogP contribution in [0.1, 0.15) is 16.7 Å². The second-order valence-corrected chi connectivity index (χ2v) is 12.2. The first-order chi connectivity index (χ1) is 24.2. The molecule has 0 saturated carbocycles. The fraction of sp³-hybridized carbons (Fsp3) is 0.0217. The maximum atomic E-state index is 5.27. The van der Waals surface area contributed by atoms with Gasteiger partial charge in [-0.3, -0.25) is 4.98 Å². The molecule has 49 heavy (non-hydrogen) atoms. The Hall–Kier alpha value is -6.45. The van der Waals surface area contributed by atoms with E-state index in [1.807, 2.05) is 12.3 Å². The Balaban J connectivity index is 1.20. The molecule has 0 aliphatic rings. The average Bonchev–Trinajstić information content (AvgIpc) is 3.18. The fourth-order valence-electron chi connectivity index (χ4n) is 6.57. The van der Waals surface area contributed by atoms with E-state index in [1.54, 1.807) is 6.20 Å². The van der Waals surface area contributed by atoms with Crippen LogP contribution in [0.3, 0.4) is 0 Å². The van der Waals surface area contributed by atoms with Gasteiger partial charge in [0.05, 0.1) is 5.70 Å². The number of hydrogen-bond acceptors (Lipinski definition) is 2. The Morgan fingerprint density at radius 2 is 1.24 bits per heavy atom. The number of nitrogens with zero attached hydrogens (tertiary/aromatic N) is 3. The molecule has 3 nitrogen and oxygen atoms in total. The maximum Gasteiger partial charge on any atom is 0.159 e. The van der Waals surface area contributed by atoms with Gasteiger partial charge in [-0.25, -0.2) is 9.98 Å². The highest BCUT2D eigenvalue weighted by Crippen LogP contribution is 2.32. The van der Waals surface area contributed by atoms with Crippen LogP contribution in [0.2, 0.25) is 0 Å². The number of allylic oxidation sites excluding steroid dienone is 1. The van der Waals surface area contributed by atoms with Gasteiger partial charge in [-0.05, 0) is 92.0 Å². The van der Waals surface area contributed by atoms with E-state index in [1.165, 1.54) is 38.2 Å². The Morgan fingerprint density at radius 1 is 0.551 bits per heavy atom. The molecular weight excluding hydrogens is 595 g/mol. The molecule has 7 aromatic carbocycles. The van der Waals surface area contributed by atoms with Gasteiger partial charge in [0.1, 0.15) is 0 Å². The van der Waals surface area contributed by atoms with Crippen molar-refractivity contribution >= 4 is 50.6 Å². The quantitative estimate of drug-likeness (QED) is 0.0984. The van der Waals surface area contributed by atoms with Crippen LogP contribution in [0.4, 0.5) is 0 Å². The van der Waals surface area contributed by atoms with E-state index in [2.05, 4.69) is 174 Å². The van der Waals surface area contributed by atoms with Gasteiger partial charge < -0.3 is 0 Å². The van der Waals surface area contributed by atoms with Gasteiger partial charge in [-0.2, -0.15) is 0 Å². The lowest BCUT2D eigenvalue weighted by Gasteiger charge is -2.12. The molecule has 0 radical (unpaired) electrons. The third-order valence-corrected chi connectivity index (χ3v) is 9.11. The molecule has 0 bridgehead atoms. The molecule has 0 aliphatic heterocycles. The normalized spacial score (nSPS) is 12.1. The van der Waals surface area contributed by atoms with E-state index < -0.39 is 0 Å². The third kappa shape index (κ3) is 6.18. The third-order valence-electron chi connectivity index (χ3n) is 9.11. The van der Waals surface area contributed by atoms with Gasteiger partial charge in [-0.1, -0.05) is 140 Å². The average molecular weight is 628 g/mol. The summed E-state index contributed by atoms with van der Waals surface area (Å²) in [7, 11) is 0. The summed E-state index contributed by atoms with van der Waals surface area (Å²) in [5.41, 5.74) is 8.53. The maximum absolute atomic E-state index is 5.27. The van der Waals surface area contributed by atoms with E-state index in [9.17, 15) is 0 Å². The first-order valence-electron chi connectivity index (χ1n) is 16.5. The SMILES string of the molecule is C=N/C(=N\C(=C/Cc1ccc(-c2ccc3ccccc3c2)cc1)c1cccc(-c2cccnc2)c1)c1cc2ccccc2c2ccccc12. The van der Waals surface area contributed by atoms with Crippen LogP contribution in [0.5, 0.6) is 0 Å². The monoisotopic (exact) mass is 627 g/mol. The van der Waals surface area contributed by atoms with Crippen LogP contribution >= 0.6 is 0 Å². The molecule has 0 N–H and O–H groups in total. The van der Waals surface area contributed by atoms with E-state index >= 15 is 0 Å². The smallest absolute Gasteiger partial charge is 0.159 e. The van der Waals surface area contributed by atoms with Crippen molar-refractivity contribution in [1.29, 1.82) is 0 Å². The zero-order chi connectivity index (χ0) is 33.0. The summed E-state index contributed by atoms with van der Waals surface area (Å²) in [6.07, 6.45) is 6.59. The highest BCUT2D eigenvalue weighted by Gasteiger charge is 2.13. The lowest BCUT2D eigenvalue weighted by molar-refractivity contribution is 1.26. The van der Waals surface area contributed by atoms with Gasteiger partial charge in [0.2, 0.25) is 0 Å². The molecule has 8 aromatic rings. The van der Waals surface area contributed by atoms with Crippen molar-refractivity contribution in [1.82, 2.24) is 4.98 Å². The number of aliphatic imine (C=N–C) groups is 2. The number of pyridine rings is 1. The van der Waals surface area contributed by atoms with E-state index in [0.29, 0.717) is 12.3 Å². The van der Waals surface area contributed by atoms with E-state index in [-0.39, 0.29) is 0 Å². The molecule has 232 valence electrons. The predicted octanol–water partition coefficient (Wildman–Crippen LogP) is 11.6. The van der Waals surface area contributed by atoms with Gasteiger partial charge >= 0.3 is 0 Å². The molecular formula is C46H33N3. The van der Waals surface area contributed by atoms with Crippen molar-refractivity contribution in [3.05, 3.63) is 193 Å². The van der Waals surface area contributed by atoms with Crippen molar-refractivity contribution in [2.75, 3.05) is 0 Å². The molecule has 0 saturated heterocycles. The first kappa shape index (κ1) is 29.9. The van der Waals surface area contributed by atoms with Gasteiger partial charge in [0.15, 0.2) is 5.84 Å². The van der Waals surface area contributed by atoms with Crippen LogP contribution < -0.4 is 0 Å². The zero-order valence-corrected chi connectivity index (χ0v) is 27.0. The number of fused-ring (bicyclic) bond motifs is 4. The van der Waals surface area contributed by atoms with Crippen LogP contribution in [0, 0.1) is 0 Å². The number of benzene rings is 7. The summed E-state index contributed by atoms with van der Waals surface area (Å²) in [6.45, 7) is 4.00. The zero-order valence-electron chi connectivity index (χ0n) is 27.0. The second-order valence-electron chi connectivity index (χ2n) is 12.2. The molecule has 3 heteroatoms. The molecule has 0 aliphatic carbocycles. The van der Waals surface area contributed by atoms with E-state index in [0.717, 1.165) is 38.7 Å². The molecule has 0 atom stereocenters. The van der Waals surface area contributed by atoms with Crippen LogP contribution in [-0.2, 0) is 6.42 Å². The van der Waals surface area contributed by atoms with Gasteiger partial charge in [0.25, 0.3) is 0 Å². The predicted molar refractivity (Wildman–Crippen MR) is 208 cm³/mol. The minimum Gasteiger partial charge on any atom is -0.264 e. The summed E-state index contributed by atoms with van der Waals surface area (Å²) in [6, 6.07) is 55.5. The summed E-state index contributed by atoms with van der Waals surface area (Å²) >= 11 is 0. The van der Waals surface area contributed by atoms with Crippen LogP contribution in [0.15, 0.2) is 186 Å². The number of hydrogen-bond donors (Lipinski definition) is 0.